The lowest BCUT2D eigenvalue weighted by molar-refractivity contribution is -0.155. The lowest BCUT2D eigenvalue weighted by atomic mass is 9.79. The molecule has 1 aromatic rings. The maximum absolute atomic E-state index is 12.4. The van der Waals surface area contributed by atoms with Crippen LogP contribution in [0.1, 0.15) is 98.0 Å². The average molecular weight is 522 g/mol. The van der Waals surface area contributed by atoms with Crippen LogP contribution in [0.3, 0.4) is 0 Å². The third-order valence-corrected chi connectivity index (χ3v) is 6.56. The van der Waals surface area contributed by atoms with Gasteiger partial charge in [-0.25, -0.2) is 0 Å². The molecule has 3 N–H and O–H groups in total. The molecule has 0 aliphatic rings. The first-order valence-electron chi connectivity index (χ1n) is 13.2. The highest BCUT2D eigenvalue weighted by Gasteiger charge is 2.36. The number of carboxylic acid groups (broad SMARTS) is 1. The number of carbonyl (C=O) groups is 4. The lowest BCUT2D eigenvalue weighted by Crippen LogP contribution is -2.43. The van der Waals surface area contributed by atoms with Crippen LogP contribution in [0, 0.1) is 11.8 Å². The normalized spacial score (nSPS) is 15.1. The molecule has 0 saturated carbocycles. The summed E-state index contributed by atoms with van der Waals surface area (Å²) in [6.07, 6.45) is 3.27. The van der Waals surface area contributed by atoms with E-state index in [1.165, 1.54) is 12.1 Å². The van der Waals surface area contributed by atoms with E-state index >= 15 is 0 Å². The second-order valence-corrected chi connectivity index (χ2v) is 9.56. The number of carboxylic acids is 1. The van der Waals surface area contributed by atoms with E-state index < -0.39 is 41.9 Å². The highest BCUT2D eigenvalue weighted by molar-refractivity contribution is 5.77. The highest BCUT2D eigenvalue weighted by atomic mass is 16.6. The largest absolute Gasteiger partial charge is 0.480 e. The molecule has 0 heterocycles. The molecule has 0 amide bonds. The van der Waals surface area contributed by atoms with Crippen LogP contribution >= 0.6 is 0 Å². The van der Waals surface area contributed by atoms with Crippen molar-refractivity contribution in [2.75, 3.05) is 0 Å². The first kappa shape index (κ1) is 32.1. The molecular formula is C28H43NO8. The first-order chi connectivity index (χ1) is 17.5. The van der Waals surface area contributed by atoms with Gasteiger partial charge in [0.25, 0.3) is 0 Å². The molecular weight excluding hydrogens is 478 g/mol. The van der Waals surface area contributed by atoms with E-state index in [1.807, 2.05) is 20.8 Å². The zero-order chi connectivity index (χ0) is 28.1. The topological polar surface area (TPSA) is 142 Å². The number of nitrogens with two attached hydrogens (primary N) is 1. The molecule has 1 rings (SSSR count). The maximum Gasteiger partial charge on any atom is 0.321 e. The molecule has 208 valence electrons. The van der Waals surface area contributed by atoms with E-state index in [4.69, 9.17) is 19.9 Å². The molecule has 4 unspecified atom stereocenters. The van der Waals surface area contributed by atoms with Crippen LogP contribution in [0.2, 0.25) is 0 Å². The van der Waals surface area contributed by atoms with E-state index in [-0.39, 0.29) is 36.2 Å². The van der Waals surface area contributed by atoms with Crippen LogP contribution in [0.15, 0.2) is 18.2 Å². The summed E-state index contributed by atoms with van der Waals surface area (Å²) in [5.74, 6) is -4.05. The van der Waals surface area contributed by atoms with E-state index in [2.05, 4.69) is 0 Å². The second kappa shape index (κ2) is 16.0. The molecule has 0 saturated heterocycles. The Morgan fingerprint density at radius 3 is 1.92 bits per heavy atom. The summed E-state index contributed by atoms with van der Waals surface area (Å²) >= 11 is 0. The Balaban J connectivity index is 3.41. The lowest BCUT2D eigenvalue weighted by Gasteiger charge is -2.32. The van der Waals surface area contributed by atoms with Crippen molar-refractivity contribution in [1.29, 1.82) is 0 Å². The molecule has 0 fully saturated rings. The zero-order valence-corrected chi connectivity index (χ0v) is 23.0. The molecule has 0 spiro atoms. The Morgan fingerprint density at radius 1 is 0.892 bits per heavy atom. The predicted molar refractivity (Wildman–Crippen MR) is 139 cm³/mol. The maximum atomic E-state index is 12.4. The van der Waals surface area contributed by atoms with Gasteiger partial charge in [0.15, 0.2) is 11.5 Å². The van der Waals surface area contributed by atoms with Crippen molar-refractivity contribution in [3.05, 3.63) is 23.8 Å². The van der Waals surface area contributed by atoms with Crippen LogP contribution in [-0.2, 0) is 23.9 Å². The van der Waals surface area contributed by atoms with Gasteiger partial charge < -0.3 is 25.1 Å². The Kier molecular flexibility index (Phi) is 13.9. The van der Waals surface area contributed by atoms with Crippen LogP contribution in [0.5, 0.6) is 11.5 Å². The van der Waals surface area contributed by atoms with Gasteiger partial charge in [0.2, 0.25) is 0 Å². The minimum absolute atomic E-state index is 0.0162. The van der Waals surface area contributed by atoms with Crippen molar-refractivity contribution in [3.8, 4) is 11.5 Å². The highest BCUT2D eigenvalue weighted by Crippen LogP contribution is 2.37. The fourth-order valence-corrected chi connectivity index (χ4v) is 3.74. The Hall–Kier alpha value is -2.94. The number of unbranched alkanes of at least 4 members (excludes halogenated alkanes) is 2. The number of hydrogen-bond acceptors (Lipinski definition) is 8. The molecule has 0 aliphatic carbocycles. The van der Waals surface area contributed by atoms with Gasteiger partial charge in [0.05, 0.1) is 5.92 Å². The molecule has 37 heavy (non-hydrogen) atoms. The Bertz CT molecular complexity index is 915. The van der Waals surface area contributed by atoms with Crippen molar-refractivity contribution in [1.82, 2.24) is 0 Å². The monoisotopic (exact) mass is 521 g/mol. The molecule has 0 bridgehead atoms. The number of aliphatic carboxylic acids is 1. The fraction of sp³-hybridized carbons (Fsp3) is 0.643. The van der Waals surface area contributed by atoms with Crippen molar-refractivity contribution in [2.45, 2.75) is 105 Å². The Labute approximate surface area is 220 Å². The molecule has 0 aromatic heterocycles. The van der Waals surface area contributed by atoms with Crippen LogP contribution < -0.4 is 15.2 Å². The third kappa shape index (κ3) is 10.1. The fourth-order valence-electron chi connectivity index (χ4n) is 3.74. The van der Waals surface area contributed by atoms with E-state index in [1.54, 1.807) is 26.8 Å². The van der Waals surface area contributed by atoms with Gasteiger partial charge in [-0.05, 0) is 43.9 Å². The van der Waals surface area contributed by atoms with Crippen LogP contribution in [0.25, 0.3) is 0 Å². The quantitative estimate of drug-likeness (QED) is 0.227. The summed E-state index contributed by atoms with van der Waals surface area (Å²) in [6, 6.07) is 3.23. The minimum Gasteiger partial charge on any atom is -0.480 e. The van der Waals surface area contributed by atoms with Gasteiger partial charge in [0.1, 0.15) is 12.1 Å². The Morgan fingerprint density at radius 2 is 1.43 bits per heavy atom. The second-order valence-electron chi connectivity index (χ2n) is 9.56. The minimum atomic E-state index is -1.33. The summed E-state index contributed by atoms with van der Waals surface area (Å²) in [7, 11) is 0. The van der Waals surface area contributed by atoms with E-state index in [0.29, 0.717) is 24.8 Å². The van der Waals surface area contributed by atoms with E-state index in [0.717, 1.165) is 12.8 Å². The average Bonchev–Trinajstić information content (AvgIpc) is 2.86. The van der Waals surface area contributed by atoms with Gasteiger partial charge in [-0.15, -0.1) is 0 Å². The first-order valence-corrected chi connectivity index (χ1v) is 13.2. The molecule has 1 aromatic carbocycles. The molecule has 5 atom stereocenters. The van der Waals surface area contributed by atoms with Gasteiger partial charge >= 0.3 is 23.9 Å². The predicted octanol–water partition coefficient (Wildman–Crippen LogP) is 4.99. The number of ether oxygens (including phenoxy) is 3. The van der Waals surface area contributed by atoms with Crippen LogP contribution in [-0.4, -0.2) is 41.1 Å². The number of benzene rings is 1. The van der Waals surface area contributed by atoms with Gasteiger partial charge in [-0.1, -0.05) is 53.5 Å². The number of hydrogen-bond donors (Lipinski definition) is 2. The van der Waals surface area contributed by atoms with Gasteiger partial charge in [-0.2, -0.15) is 0 Å². The molecule has 9 nitrogen and oxygen atoms in total. The summed E-state index contributed by atoms with van der Waals surface area (Å²) in [5.41, 5.74) is 6.56. The summed E-state index contributed by atoms with van der Waals surface area (Å²) in [4.78, 5) is 49.0. The molecule has 9 heteroatoms. The van der Waals surface area contributed by atoms with Crippen molar-refractivity contribution in [3.63, 3.8) is 0 Å². The van der Waals surface area contributed by atoms with Crippen molar-refractivity contribution >= 4 is 23.9 Å². The van der Waals surface area contributed by atoms with Crippen LogP contribution in [0.4, 0.5) is 0 Å². The van der Waals surface area contributed by atoms with E-state index in [9.17, 15) is 24.3 Å². The SMILES string of the molecule is CCCCC(=O)Oc1ccc(C(C(C)C(C)OC(=O)C(C)CC)[C@H](N)C(=O)O)cc1OC(=O)CCCC. The number of rotatable bonds is 16. The molecule has 0 radical (unpaired) electrons. The van der Waals surface area contributed by atoms with Crippen molar-refractivity contribution in [2.24, 2.45) is 17.6 Å². The summed E-state index contributed by atoms with van der Waals surface area (Å²) in [6.45, 7) is 11.0. The smallest absolute Gasteiger partial charge is 0.321 e. The third-order valence-electron chi connectivity index (χ3n) is 6.56. The zero-order valence-electron chi connectivity index (χ0n) is 23.0. The summed E-state index contributed by atoms with van der Waals surface area (Å²) < 4.78 is 16.6. The molecule has 0 aliphatic heterocycles. The number of esters is 3. The standard InChI is InChI=1S/C28H43NO8/c1-7-10-12-23(30)36-21-15-14-20(16-22(21)37-24(31)13-11-8-2)25(26(29)27(32)33)18(5)19(6)35-28(34)17(4)9-3/h14-19,25-26H,7-13,29H2,1-6H3,(H,32,33)/t17?,18?,19?,25?,26-/m0/s1. The van der Waals surface area contributed by atoms with Crippen molar-refractivity contribution < 1.29 is 38.5 Å². The van der Waals surface area contributed by atoms with Gasteiger partial charge in [-0.3, -0.25) is 19.2 Å². The number of carbonyl (C=O) groups excluding carboxylic acids is 3. The summed E-state index contributed by atoms with van der Waals surface area (Å²) in [5, 5.41) is 9.73. The van der Waals surface area contributed by atoms with Gasteiger partial charge in [0, 0.05) is 24.7 Å².